The van der Waals surface area contributed by atoms with Gasteiger partial charge in [-0.1, -0.05) is 12.8 Å². The third-order valence-corrected chi connectivity index (χ3v) is 4.75. The Morgan fingerprint density at radius 2 is 2.08 bits per heavy atom. The summed E-state index contributed by atoms with van der Waals surface area (Å²) in [5.41, 5.74) is 6.43. The molecule has 2 nitrogen and oxygen atoms in total. The van der Waals surface area contributed by atoms with Gasteiger partial charge in [-0.25, -0.2) is 0 Å². The van der Waals surface area contributed by atoms with E-state index in [1.165, 1.54) is 32.1 Å². The minimum atomic E-state index is 0.538. The van der Waals surface area contributed by atoms with Crippen molar-refractivity contribution in [3.05, 3.63) is 0 Å². The molecule has 1 heterocycles. The third-order valence-electron chi connectivity index (χ3n) is 4.75. The minimum absolute atomic E-state index is 0.538. The van der Waals surface area contributed by atoms with Crippen LogP contribution in [0.2, 0.25) is 0 Å². The van der Waals surface area contributed by atoms with Gasteiger partial charge in [-0.3, -0.25) is 0 Å². The number of rotatable bonds is 1. The van der Waals surface area contributed by atoms with Crippen LogP contribution in [0.25, 0.3) is 0 Å². The Kier molecular flexibility index (Phi) is 1.72. The number of ether oxygens (including phenoxy) is 1. The second-order valence-electron chi connectivity index (χ2n) is 5.03. The van der Waals surface area contributed by atoms with Gasteiger partial charge in [-0.2, -0.15) is 0 Å². The van der Waals surface area contributed by atoms with E-state index in [4.69, 9.17) is 10.5 Å². The summed E-state index contributed by atoms with van der Waals surface area (Å²) in [5.74, 6) is 1.62. The Bertz CT molecular complexity index is 210. The Morgan fingerprint density at radius 3 is 2.77 bits per heavy atom. The van der Waals surface area contributed by atoms with Gasteiger partial charge in [0.25, 0.3) is 0 Å². The van der Waals surface area contributed by atoms with Crippen LogP contribution in [0.4, 0.5) is 0 Å². The van der Waals surface area contributed by atoms with E-state index >= 15 is 0 Å². The first-order chi connectivity index (χ1) is 6.38. The number of hydrogen-bond donors (Lipinski definition) is 1. The molecular formula is C11H19NO. The molecule has 0 aromatic carbocycles. The molecule has 13 heavy (non-hydrogen) atoms. The third kappa shape index (κ3) is 0.861. The summed E-state index contributed by atoms with van der Waals surface area (Å²) in [6.07, 6.45) is 7.45. The highest BCUT2D eigenvalue weighted by molar-refractivity contribution is 5.12. The maximum atomic E-state index is 5.89. The predicted molar refractivity (Wildman–Crippen MR) is 51.3 cm³/mol. The van der Waals surface area contributed by atoms with E-state index in [2.05, 4.69) is 0 Å². The van der Waals surface area contributed by atoms with E-state index in [-0.39, 0.29) is 0 Å². The van der Waals surface area contributed by atoms with E-state index in [0.29, 0.717) is 11.5 Å². The van der Waals surface area contributed by atoms with Gasteiger partial charge in [0, 0.05) is 12.0 Å². The maximum absolute atomic E-state index is 5.89. The normalized spacial score (nSPS) is 46.4. The highest BCUT2D eigenvalue weighted by atomic mass is 16.5. The molecule has 3 aliphatic rings. The van der Waals surface area contributed by atoms with Crippen molar-refractivity contribution in [1.29, 1.82) is 0 Å². The number of hydrogen-bond acceptors (Lipinski definition) is 2. The van der Waals surface area contributed by atoms with Crippen LogP contribution in [-0.2, 0) is 4.74 Å². The molecule has 0 unspecified atom stereocenters. The molecule has 2 saturated carbocycles. The van der Waals surface area contributed by atoms with Crippen molar-refractivity contribution in [2.75, 3.05) is 13.2 Å². The molecule has 2 N–H and O–H groups in total. The quantitative estimate of drug-likeness (QED) is 0.666. The van der Waals surface area contributed by atoms with Crippen LogP contribution in [0.1, 0.15) is 32.1 Å². The number of fused-ring (bicyclic) bond motifs is 2. The van der Waals surface area contributed by atoms with Gasteiger partial charge in [-0.05, 0) is 37.6 Å². The monoisotopic (exact) mass is 181 g/mol. The molecule has 3 atom stereocenters. The number of nitrogens with two attached hydrogens (primary N) is 1. The van der Waals surface area contributed by atoms with Crippen molar-refractivity contribution in [1.82, 2.24) is 0 Å². The molecule has 0 radical (unpaired) electrons. The second kappa shape index (κ2) is 2.71. The second-order valence-corrected chi connectivity index (χ2v) is 5.03. The average Bonchev–Trinajstić information content (AvgIpc) is 2.69. The molecule has 0 bridgehead atoms. The summed E-state index contributed by atoms with van der Waals surface area (Å²) in [6.45, 7) is 1.89. The summed E-state index contributed by atoms with van der Waals surface area (Å²) in [5, 5.41) is 0. The molecule has 2 aliphatic carbocycles. The van der Waals surface area contributed by atoms with Crippen LogP contribution in [0, 0.1) is 17.3 Å². The standard InChI is InChI=1S/C11H19NO/c12-7-9-8-3-6-13-10(8)11(9)4-1-2-5-11/h8-10H,1-7,12H2/t8-,9-,10-/m1/s1. The smallest absolute Gasteiger partial charge is 0.0666 e. The Hall–Kier alpha value is -0.0800. The summed E-state index contributed by atoms with van der Waals surface area (Å²) < 4.78 is 5.87. The fraction of sp³-hybridized carbons (Fsp3) is 1.00. The zero-order valence-corrected chi connectivity index (χ0v) is 8.17. The SMILES string of the molecule is NC[C@@H]1[C@H]2CCO[C@H]2C12CCCC2. The predicted octanol–water partition coefficient (Wildman–Crippen LogP) is 1.54. The summed E-state index contributed by atoms with van der Waals surface area (Å²) in [7, 11) is 0. The molecule has 3 rings (SSSR count). The van der Waals surface area contributed by atoms with Gasteiger partial charge in [0.2, 0.25) is 0 Å². The summed E-state index contributed by atoms with van der Waals surface area (Å²) in [4.78, 5) is 0. The van der Waals surface area contributed by atoms with Crippen molar-refractivity contribution >= 4 is 0 Å². The van der Waals surface area contributed by atoms with Gasteiger partial charge in [0.1, 0.15) is 0 Å². The van der Waals surface area contributed by atoms with Crippen LogP contribution in [0.15, 0.2) is 0 Å². The minimum Gasteiger partial charge on any atom is -0.377 e. The topological polar surface area (TPSA) is 35.2 Å². The van der Waals surface area contributed by atoms with Gasteiger partial charge < -0.3 is 10.5 Å². The molecule has 0 aromatic rings. The lowest BCUT2D eigenvalue weighted by molar-refractivity contribution is -0.152. The van der Waals surface area contributed by atoms with Crippen molar-refractivity contribution in [2.24, 2.45) is 23.0 Å². The van der Waals surface area contributed by atoms with Crippen molar-refractivity contribution in [3.8, 4) is 0 Å². The van der Waals surface area contributed by atoms with Crippen LogP contribution in [0.3, 0.4) is 0 Å². The van der Waals surface area contributed by atoms with E-state index in [0.717, 1.165) is 25.0 Å². The van der Waals surface area contributed by atoms with Crippen LogP contribution in [-0.4, -0.2) is 19.3 Å². The molecule has 1 saturated heterocycles. The highest BCUT2D eigenvalue weighted by Gasteiger charge is 2.63. The first kappa shape index (κ1) is 8.25. The first-order valence-corrected chi connectivity index (χ1v) is 5.70. The Labute approximate surface area is 79.8 Å². The highest BCUT2D eigenvalue weighted by Crippen LogP contribution is 2.63. The van der Waals surface area contributed by atoms with Gasteiger partial charge >= 0.3 is 0 Å². The molecule has 2 heteroatoms. The largest absolute Gasteiger partial charge is 0.377 e. The van der Waals surface area contributed by atoms with Crippen molar-refractivity contribution < 1.29 is 4.74 Å². The zero-order chi connectivity index (χ0) is 8.89. The fourth-order valence-corrected chi connectivity index (χ4v) is 4.23. The molecule has 74 valence electrons. The van der Waals surface area contributed by atoms with Crippen LogP contribution in [0.5, 0.6) is 0 Å². The molecule has 1 aliphatic heterocycles. The lowest BCUT2D eigenvalue weighted by Gasteiger charge is -2.56. The fourth-order valence-electron chi connectivity index (χ4n) is 4.23. The molecular weight excluding hydrogens is 162 g/mol. The van der Waals surface area contributed by atoms with E-state index in [1.54, 1.807) is 0 Å². The Morgan fingerprint density at radius 1 is 1.31 bits per heavy atom. The zero-order valence-electron chi connectivity index (χ0n) is 8.17. The average molecular weight is 181 g/mol. The molecule has 1 spiro atoms. The van der Waals surface area contributed by atoms with Gasteiger partial charge in [0.05, 0.1) is 6.10 Å². The van der Waals surface area contributed by atoms with Gasteiger partial charge in [-0.15, -0.1) is 0 Å². The van der Waals surface area contributed by atoms with Crippen molar-refractivity contribution in [2.45, 2.75) is 38.2 Å². The summed E-state index contributed by atoms with van der Waals surface area (Å²) in [6, 6.07) is 0. The lowest BCUT2D eigenvalue weighted by Crippen LogP contribution is -2.60. The molecule has 0 amide bonds. The van der Waals surface area contributed by atoms with Crippen LogP contribution < -0.4 is 5.73 Å². The Balaban J connectivity index is 1.85. The van der Waals surface area contributed by atoms with Gasteiger partial charge in [0.15, 0.2) is 0 Å². The van der Waals surface area contributed by atoms with Crippen molar-refractivity contribution in [3.63, 3.8) is 0 Å². The molecule has 3 fully saturated rings. The first-order valence-electron chi connectivity index (χ1n) is 5.70. The maximum Gasteiger partial charge on any atom is 0.0666 e. The molecule has 0 aromatic heterocycles. The van der Waals surface area contributed by atoms with E-state index in [1.807, 2.05) is 0 Å². The van der Waals surface area contributed by atoms with Crippen LogP contribution >= 0.6 is 0 Å². The van der Waals surface area contributed by atoms with E-state index < -0.39 is 0 Å². The summed E-state index contributed by atoms with van der Waals surface area (Å²) >= 11 is 0. The lowest BCUT2D eigenvalue weighted by atomic mass is 9.50. The van der Waals surface area contributed by atoms with E-state index in [9.17, 15) is 0 Å².